The minimum absolute atomic E-state index is 0.0250. The molecule has 0 bridgehead atoms. The van der Waals surface area contributed by atoms with Crippen LogP contribution in [0.1, 0.15) is 40.7 Å². The highest BCUT2D eigenvalue weighted by Gasteiger charge is 2.42. The Morgan fingerprint density at radius 2 is 2.06 bits per heavy atom. The molecule has 4 rings (SSSR count). The Kier molecular flexibility index (Phi) is 8.96. The minimum Gasteiger partial charge on any atom is -0.497 e. The maximum atomic E-state index is 13.7. The first-order chi connectivity index (χ1) is 17.5. The van der Waals surface area contributed by atoms with E-state index >= 15 is 0 Å². The van der Waals surface area contributed by atoms with Crippen molar-refractivity contribution in [3.63, 3.8) is 0 Å². The van der Waals surface area contributed by atoms with Gasteiger partial charge in [0, 0.05) is 50.9 Å². The van der Waals surface area contributed by atoms with Gasteiger partial charge in [0.2, 0.25) is 5.91 Å². The summed E-state index contributed by atoms with van der Waals surface area (Å²) >= 11 is 0. The smallest absolute Gasteiger partial charge is 0.254 e. The number of nitrogens with zero attached hydrogens (tertiary/aromatic N) is 2. The van der Waals surface area contributed by atoms with E-state index in [0.29, 0.717) is 37.4 Å². The summed E-state index contributed by atoms with van der Waals surface area (Å²) in [6.07, 6.45) is 2.83. The second-order valence-electron chi connectivity index (χ2n) is 9.67. The lowest BCUT2D eigenvalue weighted by Gasteiger charge is -2.31. The Hall–Kier alpha value is -2.94. The van der Waals surface area contributed by atoms with Crippen molar-refractivity contribution >= 4 is 11.8 Å². The van der Waals surface area contributed by atoms with Gasteiger partial charge >= 0.3 is 0 Å². The van der Waals surface area contributed by atoms with Crippen LogP contribution in [-0.4, -0.2) is 79.7 Å². The van der Waals surface area contributed by atoms with Gasteiger partial charge in [-0.15, -0.1) is 0 Å². The standard InChI is InChI=1S/C28H38N4O4/c1-20-7-3-4-8-22(20)17-31(19-25-11-6-14-36-25)23-16-26(27(33)30-13-12-29)32(18-23)28(34)21-9-5-10-24(15-21)35-2/h3-5,7-10,15,23,25-26H,6,11-14,16-19,29H2,1-2H3,(H,30,33). The number of carbonyl (C=O) groups excluding carboxylic acids is 2. The number of rotatable bonds is 10. The molecule has 0 saturated carbocycles. The zero-order valence-corrected chi connectivity index (χ0v) is 21.3. The molecule has 0 spiro atoms. The van der Waals surface area contributed by atoms with Crippen molar-refractivity contribution < 1.29 is 19.1 Å². The second kappa shape index (κ2) is 12.3. The van der Waals surface area contributed by atoms with Crippen LogP contribution in [0.5, 0.6) is 5.75 Å². The van der Waals surface area contributed by atoms with Gasteiger partial charge in [-0.25, -0.2) is 0 Å². The number of likely N-dealkylation sites (tertiary alicyclic amines) is 1. The molecule has 0 radical (unpaired) electrons. The van der Waals surface area contributed by atoms with E-state index in [1.54, 1.807) is 36.3 Å². The first kappa shape index (κ1) is 26.1. The number of amides is 2. The number of carbonyl (C=O) groups is 2. The molecular weight excluding hydrogens is 456 g/mol. The first-order valence-corrected chi connectivity index (χ1v) is 12.8. The van der Waals surface area contributed by atoms with E-state index in [-0.39, 0.29) is 24.0 Å². The molecule has 36 heavy (non-hydrogen) atoms. The topological polar surface area (TPSA) is 97.1 Å². The van der Waals surface area contributed by atoms with Crippen LogP contribution in [-0.2, 0) is 16.1 Å². The lowest BCUT2D eigenvalue weighted by molar-refractivity contribution is -0.124. The molecule has 2 fully saturated rings. The Balaban J connectivity index is 1.60. The van der Waals surface area contributed by atoms with Gasteiger partial charge < -0.3 is 25.4 Å². The van der Waals surface area contributed by atoms with Crippen LogP contribution in [0.25, 0.3) is 0 Å². The van der Waals surface area contributed by atoms with Crippen molar-refractivity contribution in [3.05, 3.63) is 65.2 Å². The second-order valence-corrected chi connectivity index (χ2v) is 9.67. The summed E-state index contributed by atoms with van der Waals surface area (Å²) < 4.78 is 11.3. The molecule has 2 aromatic rings. The largest absolute Gasteiger partial charge is 0.497 e. The normalized spacial score (nSPS) is 21.7. The van der Waals surface area contributed by atoms with Gasteiger partial charge in [0.25, 0.3) is 5.91 Å². The van der Waals surface area contributed by atoms with Crippen LogP contribution in [0, 0.1) is 6.92 Å². The van der Waals surface area contributed by atoms with E-state index in [1.165, 1.54) is 11.1 Å². The molecule has 2 aromatic carbocycles. The maximum Gasteiger partial charge on any atom is 0.254 e. The fourth-order valence-electron chi connectivity index (χ4n) is 5.19. The van der Waals surface area contributed by atoms with Crippen molar-refractivity contribution in [2.75, 3.05) is 39.9 Å². The van der Waals surface area contributed by atoms with Gasteiger partial charge in [-0.3, -0.25) is 14.5 Å². The highest BCUT2D eigenvalue weighted by molar-refractivity contribution is 5.98. The average molecular weight is 495 g/mol. The Morgan fingerprint density at radius 1 is 1.22 bits per heavy atom. The van der Waals surface area contributed by atoms with Crippen LogP contribution < -0.4 is 15.8 Å². The number of methoxy groups -OCH3 is 1. The lowest BCUT2D eigenvalue weighted by Crippen LogP contribution is -2.47. The molecule has 2 aliphatic rings. The van der Waals surface area contributed by atoms with E-state index in [4.69, 9.17) is 15.2 Å². The summed E-state index contributed by atoms with van der Waals surface area (Å²) in [5.74, 6) is 0.282. The number of hydrogen-bond acceptors (Lipinski definition) is 6. The van der Waals surface area contributed by atoms with Crippen molar-refractivity contribution in [1.82, 2.24) is 15.1 Å². The van der Waals surface area contributed by atoms with Gasteiger partial charge in [-0.1, -0.05) is 30.3 Å². The number of aryl methyl sites for hydroxylation is 1. The molecule has 8 nitrogen and oxygen atoms in total. The number of nitrogens with two attached hydrogens (primary N) is 1. The summed E-state index contributed by atoms with van der Waals surface area (Å²) in [5, 5.41) is 2.90. The summed E-state index contributed by atoms with van der Waals surface area (Å²) in [6.45, 7) is 5.63. The third-order valence-electron chi connectivity index (χ3n) is 7.22. The van der Waals surface area contributed by atoms with E-state index in [1.807, 2.05) is 6.07 Å². The third kappa shape index (κ3) is 6.24. The van der Waals surface area contributed by atoms with Gasteiger partial charge in [-0.05, 0) is 55.5 Å². The van der Waals surface area contributed by atoms with Crippen molar-refractivity contribution in [3.8, 4) is 5.75 Å². The molecule has 0 aliphatic carbocycles. The van der Waals surface area contributed by atoms with E-state index in [9.17, 15) is 9.59 Å². The number of nitrogens with one attached hydrogen (secondary N) is 1. The number of ether oxygens (including phenoxy) is 2. The first-order valence-electron chi connectivity index (χ1n) is 12.8. The molecule has 3 unspecified atom stereocenters. The Bertz CT molecular complexity index is 1040. The number of hydrogen-bond donors (Lipinski definition) is 2. The zero-order chi connectivity index (χ0) is 25.5. The highest BCUT2D eigenvalue weighted by atomic mass is 16.5. The minimum atomic E-state index is -0.566. The number of benzene rings is 2. The summed E-state index contributed by atoms with van der Waals surface area (Å²) in [6, 6.07) is 14.9. The third-order valence-corrected chi connectivity index (χ3v) is 7.22. The monoisotopic (exact) mass is 494 g/mol. The SMILES string of the molecule is COc1cccc(C(=O)N2CC(N(Cc3ccccc3C)CC3CCCO3)CC2C(=O)NCCN)c1. The van der Waals surface area contributed by atoms with E-state index < -0.39 is 6.04 Å². The molecule has 8 heteroatoms. The predicted molar refractivity (Wildman–Crippen MR) is 139 cm³/mol. The zero-order valence-electron chi connectivity index (χ0n) is 21.3. The van der Waals surface area contributed by atoms with Crippen LogP contribution in [0.15, 0.2) is 48.5 Å². The van der Waals surface area contributed by atoms with Crippen molar-refractivity contribution in [2.24, 2.45) is 5.73 Å². The predicted octanol–water partition coefficient (Wildman–Crippen LogP) is 2.34. The molecule has 2 heterocycles. The van der Waals surface area contributed by atoms with E-state index in [2.05, 4.69) is 35.3 Å². The van der Waals surface area contributed by atoms with Crippen LogP contribution >= 0.6 is 0 Å². The van der Waals surface area contributed by atoms with Crippen molar-refractivity contribution in [2.45, 2.75) is 50.9 Å². The Labute approximate surface area is 213 Å². The molecule has 194 valence electrons. The van der Waals surface area contributed by atoms with Crippen molar-refractivity contribution in [1.29, 1.82) is 0 Å². The fraction of sp³-hybridized carbons (Fsp3) is 0.500. The quantitative estimate of drug-likeness (QED) is 0.526. The van der Waals surface area contributed by atoms with Gasteiger partial charge in [-0.2, -0.15) is 0 Å². The molecule has 2 amide bonds. The van der Waals surface area contributed by atoms with Crippen LogP contribution in [0.3, 0.4) is 0 Å². The van der Waals surface area contributed by atoms with E-state index in [0.717, 1.165) is 32.5 Å². The van der Waals surface area contributed by atoms with Gasteiger partial charge in [0.15, 0.2) is 0 Å². The molecular formula is C28H38N4O4. The summed E-state index contributed by atoms with van der Waals surface area (Å²) in [7, 11) is 1.58. The molecule has 2 saturated heterocycles. The average Bonchev–Trinajstić information content (AvgIpc) is 3.58. The Morgan fingerprint density at radius 3 is 2.78 bits per heavy atom. The molecule has 3 N–H and O–H groups in total. The fourth-order valence-corrected chi connectivity index (χ4v) is 5.19. The maximum absolute atomic E-state index is 13.7. The lowest BCUT2D eigenvalue weighted by atomic mass is 10.0. The molecule has 0 aromatic heterocycles. The summed E-state index contributed by atoms with van der Waals surface area (Å²) in [5.41, 5.74) is 8.62. The highest BCUT2D eigenvalue weighted by Crippen LogP contribution is 2.28. The van der Waals surface area contributed by atoms with Gasteiger partial charge in [0.05, 0.1) is 13.2 Å². The molecule has 3 atom stereocenters. The van der Waals surface area contributed by atoms with Crippen LogP contribution in [0.4, 0.5) is 0 Å². The van der Waals surface area contributed by atoms with Crippen LogP contribution in [0.2, 0.25) is 0 Å². The molecule has 2 aliphatic heterocycles. The summed E-state index contributed by atoms with van der Waals surface area (Å²) in [4.78, 5) is 30.9. The van der Waals surface area contributed by atoms with Gasteiger partial charge in [0.1, 0.15) is 11.8 Å².